The first-order chi connectivity index (χ1) is 70.1. The van der Waals surface area contributed by atoms with Crippen molar-refractivity contribution >= 4 is 52.0 Å². The van der Waals surface area contributed by atoms with Crippen LogP contribution in [0.15, 0.2) is 383 Å². The fourth-order valence-corrected chi connectivity index (χ4v) is 16.3. The van der Waals surface area contributed by atoms with Crippen LogP contribution in [0.4, 0.5) is 0 Å². The van der Waals surface area contributed by atoms with Crippen molar-refractivity contribution < 1.29 is 125 Å². The van der Waals surface area contributed by atoms with Gasteiger partial charge in [0.1, 0.15) is 67.6 Å². The Hall–Kier alpha value is -17.9. The van der Waals surface area contributed by atoms with Crippen molar-refractivity contribution in [3.63, 3.8) is 0 Å². The van der Waals surface area contributed by atoms with Crippen LogP contribution in [0.5, 0.6) is 57.5 Å². The van der Waals surface area contributed by atoms with Crippen molar-refractivity contribution in [3.05, 3.63) is 374 Å². The zero-order chi connectivity index (χ0) is 103. The Morgan fingerprint density at radius 1 is 0.231 bits per heavy atom. The molecule has 0 radical (unpaired) electrons. The fraction of sp³-hybridized carbons (Fsp3) is 0.00935. The normalized spacial score (nSPS) is 11.0. The minimum atomic E-state index is -4.67. The fourth-order valence-electron chi connectivity index (χ4n) is 14.2. The molecule has 0 aliphatic heterocycles. The standard InChI is InChI=1S/C22H17N3O4S.C22H15N3O4.C21H14BrN3O2.2C21H15N3O5S.Na/c1-30(28,29)15-8-6-7-14(13-15)20-23-21(16-9-2-4-11-18(16)26)25-22(24-20)17-10-3-5-12-19(17)27;26-17-10-3-1-8-15(17)20-23-19(13-6-5-7-14(12-13)22(28)29)24-21(25-20)16-9-2-4-11-18(16)27;22-14-7-5-6-13(12-14)19-23-20(15-8-1-3-10-17(15)26)25-21(24-19)16-9-2-4-11-18(16)27;2*25-17-10-3-1-8-15(17)20-22-19(13-6-5-7-14(12-13)30(27,28)29)23-21(24-20)16-9-2-4-11-18(16)26;/h2-13,26-27H,1H3;1-12,26-27H,(H,28,29);1-12,26-27H;2*1-12,25-26H,(H,27,28,29);/q;;;;;+1/p-1. The van der Waals surface area contributed by atoms with Gasteiger partial charge in [-0.2, -0.15) is 8.42 Å². The van der Waals surface area contributed by atoms with Crippen LogP contribution in [-0.4, -0.2) is 178 Å². The monoisotopic (exact) mass is 2090 g/mol. The van der Waals surface area contributed by atoms with E-state index < -0.39 is 40.9 Å². The van der Waals surface area contributed by atoms with Crippen LogP contribution in [0.1, 0.15) is 10.4 Å². The Kier molecular flexibility index (Phi) is 32.0. The predicted molar refractivity (Wildman–Crippen MR) is 543 cm³/mol. The van der Waals surface area contributed by atoms with Crippen LogP contribution in [0, 0.1) is 0 Å². The van der Waals surface area contributed by atoms with Crippen molar-refractivity contribution in [1.29, 1.82) is 0 Å². The van der Waals surface area contributed by atoms with Crippen molar-refractivity contribution in [1.82, 2.24) is 74.8 Å². The average Bonchev–Trinajstić information content (AvgIpc) is 0.812. The Bertz CT molecular complexity index is 7940. The zero-order valence-corrected chi connectivity index (χ0v) is 82.6. The molecule has 40 heteroatoms. The Morgan fingerprint density at radius 2 is 0.408 bits per heavy atom. The van der Waals surface area contributed by atoms with E-state index >= 15 is 0 Å². The van der Waals surface area contributed by atoms with Gasteiger partial charge in [-0.3, -0.25) is 4.55 Å². The topological polar surface area (TPSA) is 579 Å². The van der Waals surface area contributed by atoms with Crippen LogP contribution < -0.4 is 29.6 Å². The van der Waals surface area contributed by atoms with Gasteiger partial charge in [-0.15, -0.1) is 0 Å². The number of hydrogen-bond donors (Lipinski definition) is 12. The van der Waals surface area contributed by atoms with Gasteiger partial charge in [0, 0.05) is 38.5 Å². The van der Waals surface area contributed by atoms with E-state index in [9.17, 15) is 95.3 Å². The summed E-state index contributed by atoms with van der Waals surface area (Å²) in [5.74, 6) is 1.84. The number of aromatic nitrogens is 15. The Balaban J connectivity index is 0.000000138. The second kappa shape index (κ2) is 45.6. The van der Waals surface area contributed by atoms with Crippen LogP contribution in [0.25, 0.3) is 171 Å². The first kappa shape index (κ1) is 103. The molecule has 0 bridgehead atoms. The predicted octanol–water partition coefficient (Wildman–Crippen LogP) is 16.4. The summed E-state index contributed by atoms with van der Waals surface area (Å²) in [5.41, 5.74) is 6.26. The van der Waals surface area contributed by atoms with E-state index in [1.807, 2.05) is 24.3 Å². The second-order valence-corrected chi connectivity index (χ2v) is 37.1. The van der Waals surface area contributed by atoms with E-state index in [2.05, 4.69) is 90.7 Å². The first-order valence-corrected chi connectivity index (χ1v) is 48.8. The number of nitrogens with zero attached hydrogens (tertiary/aromatic N) is 15. The third-order valence-electron chi connectivity index (χ3n) is 21.4. The summed E-state index contributed by atoms with van der Waals surface area (Å²) in [7, 11) is -12.5. The molecule has 0 aliphatic carbocycles. The molecule has 0 fully saturated rings. The number of carboxylic acid groups (broad SMARTS) is 1. The molecular formula is C107H75BrN15NaO20S3. The van der Waals surface area contributed by atoms with Crippen molar-refractivity contribution in [2.24, 2.45) is 0 Å². The largest absolute Gasteiger partial charge is 1.00 e. The molecule has 0 unspecified atom stereocenters. The molecule has 12 N–H and O–H groups in total. The summed E-state index contributed by atoms with van der Waals surface area (Å²) in [6.07, 6.45) is 1.13. The number of halogens is 1. The van der Waals surface area contributed by atoms with Crippen LogP contribution in [0.3, 0.4) is 0 Å². The Morgan fingerprint density at radius 3 is 0.612 bits per heavy atom. The van der Waals surface area contributed by atoms with Crippen LogP contribution in [-0.2, 0) is 30.1 Å². The number of carboxylic acids is 1. The molecule has 0 amide bonds. The summed E-state index contributed by atoms with van der Waals surface area (Å²) in [6, 6.07) is 96.8. The minimum absolute atomic E-state index is 0. The molecule has 5 aromatic heterocycles. The van der Waals surface area contributed by atoms with Gasteiger partial charge in [0.25, 0.3) is 10.1 Å². The molecule has 20 aromatic rings. The van der Waals surface area contributed by atoms with E-state index in [-0.39, 0.29) is 178 Å². The maximum atomic E-state index is 12.0. The van der Waals surface area contributed by atoms with Crippen molar-refractivity contribution in [2.45, 2.75) is 14.7 Å². The van der Waals surface area contributed by atoms with E-state index in [1.165, 1.54) is 109 Å². The van der Waals surface area contributed by atoms with E-state index in [4.69, 9.17) is 0 Å². The number of rotatable bonds is 19. The molecule has 147 heavy (non-hydrogen) atoms. The van der Waals surface area contributed by atoms with Crippen molar-refractivity contribution in [2.75, 3.05) is 6.26 Å². The summed E-state index contributed by atoms with van der Waals surface area (Å²) in [4.78, 5) is 77.1. The molecule has 0 saturated carbocycles. The van der Waals surface area contributed by atoms with Gasteiger partial charge in [-0.1, -0.05) is 198 Å². The van der Waals surface area contributed by atoms with Crippen LogP contribution in [0.2, 0.25) is 0 Å². The molecule has 5 heterocycles. The third-order valence-corrected chi connectivity index (χ3v) is 24.7. The molecule has 20 rings (SSSR count). The molecular weight excluding hydrogens is 2010 g/mol. The van der Waals surface area contributed by atoms with Crippen molar-refractivity contribution in [3.8, 4) is 228 Å². The molecule has 0 saturated heterocycles. The molecule has 724 valence electrons. The molecule has 35 nitrogen and oxygen atoms in total. The number of hydrogen-bond acceptors (Lipinski definition) is 33. The van der Waals surface area contributed by atoms with E-state index in [0.29, 0.717) is 89.8 Å². The Labute approximate surface area is 868 Å². The van der Waals surface area contributed by atoms with E-state index in [0.717, 1.165) is 16.3 Å². The molecule has 15 aromatic carbocycles. The summed E-state index contributed by atoms with van der Waals surface area (Å²) < 4.78 is 91.4. The zero-order valence-electron chi connectivity index (χ0n) is 76.6. The molecule has 0 spiro atoms. The third kappa shape index (κ3) is 25.2. The quantitative estimate of drug-likeness (QED) is 0.0264. The first-order valence-electron chi connectivity index (χ1n) is 43.3. The van der Waals surface area contributed by atoms with Gasteiger partial charge in [0.15, 0.2) is 97.2 Å². The number of sulfone groups is 1. The van der Waals surface area contributed by atoms with Gasteiger partial charge in [-0.05, 0) is 182 Å². The van der Waals surface area contributed by atoms with Gasteiger partial charge >= 0.3 is 35.5 Å². The molecule has 0 atom stereocenters. The maximum absolute atomic E-state index is 12.0. The van der Waals surface area contributed by atoms with Gasteiger partial charge < -0.3 is 60.7 Å². The number of phenolic OH excluding ortho intramolecular Hbond substituents is 10. The number of carbonyl (C=O) groups is 1. The number of aromatic carboxylic acids is 1. The van der Waals surface area contributed by atoms with Crippen LogP contribution >= 0.6 is 15.9 Å². The summed E-state index contributed by atoms with van der Waals surface area (Å²) in [5, 5.41) is 112. The smallest absolute Gasteiger partial charge is 0.744 e. The van der Waals surface area contributed by atoms with Gasteiger partial charge in [0.05, 0.1) is 75.9 Å². The number of benzene rings is 15. The second-order valence-electron chi connectivity index (χ2n) is 31.4. The maximum Gasteiger partial charge on any atom is 1.00 e. The number of phenols is 10. The minimum Gasteiger partial charge on any atom is -0.744 e. The summed E-state index contributed by atoms with van der Waals surface area (Å²) >= 11 is 3.46. The van der Waals surface area contributed by atoms with Gasteiger partial charge in [0.2, 0.25) is 0 Å². The average molecular weight is 2090 g/mol. The SMILES string of the molecule is CS(=O)(=O)c1cccc(-c2nc(-c3ccccc3O)nc(-c3ccccc3O)n2)c1.O=C(O)c1cccc(-c2nc(-c3ccccc3O)nc(-c3ccccc3O)n2)c1.O=S(=O)(O)c1cccc(-c2nc(-c3ccccc3O)nc(-c3ccccc3O)n2)c1.O=S(=O)([O-])c1cccc(-c2nc(-c3ccccc3O)nc(-c3ccccc3O)n2)c1.Oc1ccccc1-c1nc(-c2cccc(Br)c2)nc(-c2ccccc2O)n1.[Na+]. The number of aromatic hydroxyl groups is 10. The van der Waals surface area contributed by atoms with E-state index in [1.54, 1.807) is 231 Å². The molecule has 0 aliphatic rings. The summed E-state index contributed by atoms with van der Waals surface area (Å²) in [6.45, 7) is 0. The number of para-hydroxylation sites is 10. The van der Waals surface area contributed by atoms with Gasteiger partial charge in [-0.25, -0.2) is 96.4 Å².